The smallest absolute Gasteiger partial charge is 0.185 e. The lowest BCUT2D eigenvalue weighted by Gasteiger charge is -2.20. The summed E-state index contributed by atoms with van der Waals surface area (Å²) < 4.78 is 0. The Kier molecular flexibility index (Phi) is 6.02. The maximum atomic E-state index is 4.87. The fraction of sp³-hybridized carbons (Fsp3) is 0.812. The van der Waals surface area contributed by atoms with E-state index >= 15 is 0 Å². The van der Waals surface area contributed by atoms with Gasteiger partial charge in [0.2, 0.25) is 0 Å². The molecule has 0 amide bonds. The first-order valence-electron chi connectivity index (χ1n) is 7.56. The number of nitrogens with zero attached hydrogens (tertiary/aromatic N) is 2. The van der Waals surface area contributed by atoms with Crippen molar-refractivity contribution in [3.8, 4) is 0 Å². The Bertz CT molecular complexity index is 416. The van der Waals surface area contributed by atoms with E-state index in [1.165, 1.54) is 10.6 Å². The Hall–Kier alpha value is -0.610. The fourth-order valence-electron chi connectivity index (χ4n) is 2.06. The molecule has 1 aromatic heterocycles. The number of thiazole rings is 1. The summed E-state index contributed by atoms with van der Waals surface area (Å²) in [5.41, 5.74) is 1.39. The van der Waals surface area contributed by atoms with Gasteiger partial charge in [0.05, 0.1) is 5.69 Å². The van der Waals surface area contributed by atoms with Crippen LogP contribution in [-0.4, -0.2) is 24.1 Å². The van der Waals surface area contributed by atoms with Crippen LogP contribution in [0, 0.1) is 5.92 Å². The van der Waals surface area contributed by atoms with Crippen molar-refractivity contribution >= 4 is 16.5 Å². The molecule has 20 heavy (non-hydrogen) atoms. The molecule has 1 N–H and O–H groups in total. The number of hydrogen-bond donors (Lipinski definition) is 1. The lowest BCUT2D eigenvalue weighted by molar-refractivity contribution is 0.425. The van der Waals surface area contributed by atoms with Gasteiger partial charge in [0, 0.05) is 30.6 Å². The van der Waals surface area contributed by atoms with Crippen LogP contribution in [0.5, 0.6) is 0 Å². The van der Waals surface area contributed by atoms with Crippen molar-refractivity contribution < 1.29 is 0 Å². The molecule has 0 aliphatic rings. The third-order valence-electron chi connectivity index (χ3n) is 3.01. The third-order valence-corrected chi connectivity index (χ3v) is 4.19. The predicted octanol–water partition coefficient (Wildman–Crippen LogP) is 4.25. The van der Waals surface area contributed by atoms with Crippen LogP contribution in [0.3, 0.4) is 0 Å². The van der Waals surface area contributed by atoms with Crippen LogP contribution in [0.4, 0.5) is 5.13 Å². The molecule has 116 valence electrons. The summed E-state index contributed by atoms with van der Waals surface area (Å²) in [6.07, 6.45) is 0. The highest BCUT2D eigenvalue weighted by Crippen LogP contribution is 2.30. The molecular formula is C16H31N3S. The van der Waals surface area contributed by atoms with Crippen LogP contribution in [-0.2, 0) is 6.54 Å². The van der Waals surface area contributed by atoms with Gasteiger partial charge in [-0.1, -0.05) is 27.7 Å². The molecule has 0 bridgehead atoms. The maximum Gasteiger partial charge on any atom is 0.185 e. The van der Waals surface area contributed by atoms with Crippen molar-refractivity contribution in [2.45, 2.75) is 66.5 Å². The van der Waals surface area contributed by atoms with Gasteiger partial charge >= 0.3 is 0 Å². The topological polar surface area (TPSA) is 28.2 Å². The minimum atomic E-state index is 0.141. The first-order chi connectivity index (χ1) is 9.10. The highest BCUT2D eigenvalue weighted by Gasteiger charge is 2.18. The summed E-state index contributed by atoms with van der Waals surface area (Å²) in [6, 6.07) is 0. The SMILES string of the molecule is CC(C)CN(C)c1nc(C(C)C)c(CNC(C)(C)C)s1. The third kappa shape index (κ3) is 5.41. The van der Waals surface area contributed by atoms with E-state index < -0.39 is 0 Å². The second-order valence-electron chi connectivity index (χ2n) is 7.34. The van der Waals surface area contributed by atoms with Crippen LogP contribution in [0.2, 0.25) is 0 Å². The molecule has 4 heteroatoms. The molecule has 0 aliphatic heterocycles. The Morgan fingerprint density at radius 1 is 1.20 bits per heavy atom. The first-order valence-corrected chi connectivity index (χ1v) is 8.37. The van der Waals surface area contributed by atoms with E-state index in [9.17, 15) is 0 Å². The predicted molar refractivity (Wildman–Crippen MR) is 90.9 cm³/mol. The zero-order valence-electron chi connectivity index (χ0n) is 14.4. The van der Waals surface area contributed by atoms with E-state index in [0.29, 0.717) is 11.8 Å². The fourth-order valence-corrected chi connectivity index (χ4v) is 3.19. The number of rotatable bonds is 6. The van der Waals surface area contributed by atoms with Crippen LogP contribution >= 0.6 is 11.3 Å². The molecule has 0 saturated carbocycles. The van der Waals surface area contributed by atoms with Gasteiger partial charge in [-0.15, -0.1) is 11.3 Å². The Morgan fingerprint density at radius 2 is 1.80 bits per heavy atom. The van der Waals surface area contributed by atoms with Crippen molar-refractivity contribution in [3.05, 3.63) is 10.6 Å². The van der Waals surface area contributed by atoms with E-state index in [2.05, 4.69) is 65.7 Å². The molecule has 3 nitrogen and oxygen atoms in total. The van der Waals surface area contributed by atoms with E-state index in [1.807, 2.05) is 11.3 Å². The minimum Gasteiger partial charge on any atom is -0.351 e. The monoisotopic (exact) mass is 297 g/mol. The van der Waals surface area contributed by atoms with E-state index in [0.717, 1.165) is 18.2 Å². The van der Waals surface area contributed by atoms with Crippen LogP contribution in [0.25, 0.3) is 0 Å². The van der Waals surface area contributed by atoms with Gasteiger partial charge in [0.25, 0.3) is 0 Å². The lowest BCUT2D eigenvalue weighted by Crippen LogP contribution is -2.35. The second kappa shape index (κ2) is 6.90. The summed E-state index contributed by atoms with van der Waals surface area (Å²) in [7, 11) is 2.14. The maximum absolute atomic E-state index is 4.87. The Balaban J connectivity index is 2.90. The van der Waals surface area contributed by atoms with Crippen molar-refractivity contribution in [1.29, 1.82) is 0 Å². The number of aromatic nitrogens is 1. The zero-order chi connectivity index (χ0) is 15.5. The van der Waals surface area contributed by atoms with Gasteiger partial charge < -0.3 is 10.2 Å². The molecule has 0 atom stereocenters. The molecule has 1 aromatic rings. The van der Waals surface area contributed by atoms with Crippen molar-refractivity contribution in [1.82, 2.24) is 10.3 Å². The van der Waals surface area contributed by atoms with Gasteiger partial charge in [-0.25, -0.2) is 4.98 Å². The normalized spacial score (nSPS) is 12.5. The summed E-state index contributed by atoms with van der Waals surface area (Å²) in [4.78, 5) is 8.52. The molecule has 0 fully saturated rings. The quantitative estimate of drug-likeness (QED) is 0.851. The number of hydrogen-bond acceptors (Lipinski definition) is 4. The lowest BCUT2D eigenvalue weighted by atomic mass is 10.1. The largest absolute Gasteiger partial charge is 0.351 e. The van der Waals surface area contributed by atoms with E-state index in [1.54, 1.807) is 0 Å². The van der Waals surface area contributed by atoms with Crippen molar-refractivity contribution in [2.24, 2.45) is 5.92 Å². The van der Waals surface area contributed by atoms with Crippen LogP contribution in [0.1, 0.15) is 65.0 Å². The van der Waals surface area contributed by atoms with Crippen LogP contribution in [0.15, 0.2) is 0 Å². The van der Waals surface area contributed by atoms with Gasteiger partial charge in [0.1, 0.15) is 0 Å². The van der Waals surface area contributed by atoms with Crippen molar-refractivity contribution in [3.63, 3.8) is 0 Å². The van der Waals surface area contributed by atoms with Gasteiger partial charge in [-0.05, 0) is 32.6 Å². The van der Waals surface area contributed by atoms with Crippen molar-refractivity contribution in [2.75, 3.05) is 18.5 Å². The Labute approximate surface area is 128 Å². The second-order valence-corrected chi connectivity index (χ2v) is 8.40. The van der Waals surface area contributed by atoms with Crippen LogP contribution < -0.4 is 10.2 Å². The standard InChI is InChI=1S/C16H31N3S/c1-11(2)10-19(8)15-18-14(12(3)4)13(20-15)9-17-16(5,6)7/h11-12,17H,9-10H2,1-8H3. The highest BCUT2D eigenvalue weighted by atomic mass is 32.1. The van der Waals surface area contributed by atoms with E-state index in [-0.39, 0.29) is 5.54 Å². The first kappa shape index (κ1) is 17.4. The Morgan fingerprint density at radius 3 is 2.25 bits per heavy atom. The molecule has 0 aromatic carbocycles. The summed E-state index contributed by atoms with van der Waals surface area (Å²) in [5, 5.41) is 4.72. The summed E-state index contributed by atoms with van der Waals surface area (Å²) >= 11 is 1.83. The van der Waals surface area contributed by atoms with Gasteiger partial charge in [-0.3, -0.25) is 0 Å². The molecule has 0 spiro atoms. The molecule has 0 saturated heterocycles. The average molecular weight is 298 g/mol. The molecule has 0 unspecified atom stereocenters. The number of anilines is 1. The molecule has 1 rings (SSSR count). The van der Waals surface area contributed by atoms with Gasteiger partial charge in [-0.2, -0.15) is 0 Å². The number of nitrogens with one attached hydrogen (secondary N) is 1. The van der Waals surface area contributed by atoms with E-state index in [4.69, 9.17) is 4.98 Å². The molecule has 0 radical (unpaired) electrons. The molecule has 0 aliphatic carbocycles. The zero-order valence-corrected chi connectivity index (χ0v) is 15.2. The minimum absolute atomic E-state index is 0.141. The average Bonchev–Trinajstić information content (AvgIpc) is 2.68. The molecular weight excluding hydrogens is 266 g/mol. The van der Waals surface area contributed by atoms with Gasteiger partial charge in [0.15, 0.2) is 5.13 Å². The summed E-state index contributed by atoms with van der Waals surface area (Å²) in [5.74, 6) is 1.13. The molecule has 1 heterocycles. The summed E-state index contributed by atoms with van der Waals surface area (Å²) in [6.45, 7) is 17.5. The highest BCUT2D eigenvalue weighted by molar-refractivity contribution is 7.15.